The van der Waals surface area contributed by atoms with Crippen molar-refractivity contribution in [2.75, 3.05) is 6.54 Å². The van der Waals surface area contributed by atoms with Crippen molar-refractivity contribution >= 4 is 0 Å². The molecule has 0 fully saturated rings. The Labute approximate surface area is 83.2 Å². The number of nitrogens with one attached hydrogen (secondary N) is 1. The van der Waals surface area contributed by atoms with Crippen LogP contribution in [-0.2, 0) is 0 Å². The summed E-state index contributed by atoms with van der Waals surface area (Å²) in [6.07, 6.45) is 8.92. The minimum absolute atomic E-state index is 1.03. The Morgan fingerprint density at radius 3 is 2.38 bits per heavy atom. The van der Waals surface area contributed by atoms with Crippen LogP contribution < -0.4 is 5.32 Å². The van der Waals surface area contributed by atoms with Gasteiger partial charge < -0.3 is 5.32 Å². The molecule has 0 aromatic rings. The Hall–Kier alpha value is -0.980. The molecule has 0 aromatic heterocycles. The quantitative estimate of drug-likeness (QED) is 0.638. The molecule has 76 valence electrons. The van der Waals surface area contributed by atoms with E-state index in [9.17, 15) is 0 Å². The maximum absolute atomic E-state index is 3.61. The van der Waals surface area contributed by atoms with Crippen molar-refractivity contribution in [3.05, 3.63) is 36.6 Å². The molecule has 0 aliphatic carbocycles. The summed E-state index contributed by atoms with van der Waals surface area (Å²) >= 11 is 0. The fraction of sp³-hybridized carbons (Fsp3) is 0.500. The average Bonchev–Trinajstić information content (AvgIpc) is 2.21. The maximum Gasteiger partial charge on any atom is 0.0296 e. The molecule has 1 nitrogen and oxygen atoms in total. The van der Waals surface area contributed by atoms with Crippen LogP contribution >= 0.6 is 0 Å². The van der Waals surface area contributed by atoms with Crippen molar-refractivity contribution < 1.29 is 0 Å². The van der Waals surface area contributed by atoms with Crippen LogP contribution in [0.25, 0.3) is 0 Å². The standard InChI is InChI=1S/C10H17N.C2H6/c1-4-7-8-10(6-3)11-9-5-2;1-2/h4,6-8,11H,1,5,9H2,2-3H3;1-2H3/b8-7-,10-6+;. The van der Waals surface area contributed by atoms with E-state index < -0.39 is 0 Å². The highest BCUT2D eigenvalue weighted by molar-refractivity contribution is 5.18. The zero-order valence-electron chi connectivity index (χ0n) is 9.43. The molecular weight excluding hydrogens is 158 g/mol. The summed E-state index contributed by atoms with van der Waals surface area (Å²) in [5.41, 5.74) is 1.16. The second kappa shape index (κ2) is 13.6. The summed E-state index contributed by atoms with van der Waals surface area (Å²) in [7, 11) is 0. The predicted octanol–water partition coefficient (Wildman–Crippen LogP) is 3.66. The summed E-state index contributed by atoms with van der Waals surface area (Å²) < 4.78 is 0. The Bertz CT molecular complexity index is 155. The van der Waals surface area contributed by atoms with Crippen LogP contribution in [0.1, 0.15) is 34.1 Å². The van der Waals surface area contributed by atoms with Gasteiger partial charge in [0.2, 0.25) is 0 Å². The zero-order chi connectivity index (χ0) is 10.5. The molecule has 13 heavy (non-hydrogen) atoms. The largest absolute Gasteiger partial charge is 0.385 e. The Balaban J connectivity index is 0. The van der Waals surface area contributed by atoms with Gasteiger partial charge in [0, 0.05) is 12.2 Å². The fourth-order valence-corrected chi connectivity index (χ4v) is 0.698. The van der Waals surface area contributed by atoms with Crippen LogP contribution in [0, 0.1) is 0 Å². The van der Waals surface area contributed by atoms with E-state index in [1.807, 2.05) is 32.9 Å². The second-order valence-corrected chi connectivity index (χ2v) is 2.27. The van der Waals surface area contributed by atoms with Crippen LogP contribution in [0.2, 0.25) is 0 Å². The van der Waals surface area contributed by atoms with Crippen LogP contribution in [0.15, 0.2) is 36.6 Å². The molecular formula is C12H23N. The van der Waals surface area contributed by atoms with Gasteiger partial charge in [0.15, 0.2) is 0 Å². The van der Waals surface area contributed by atoms with E-state index in [1.165, 1.54) is 0 Å². The number of hydrogen-bond acceptors (Lipinski definition) is 1. The van der Waals surface area contributed by atoms with E-state index in [2.05, 4.69) is 24.9 Å². The lowest BCUT2D eigenvalue weighted by Crippen LogP contribution is -2.11. The predicted molar refractivity (Wildman–Crippen MR) is 62.7 cm³/mol. The van der Waals surface area contributed by atoms with Gasteiger partial charge in [-0.3, -0.25) is 0 Å². The topological polar surface area (TPSA) is 12.0 Å². The third kappa shape index (κ3) is 11.0. The van der Waals surface area contributed by atoms with Gasteiger partial charge in [-0.05, 0) is 19.4 Å². The Kier molecular flexibility index (Phi) is 15.2. The average molecular weight is 181 g/mol. The highest BCUT2D eigenvalue weighted by atomic mass is 14.9. The van der Waals surface area contributed by atoms with Gasteiger partial charge >= 0.3 is 0 Å². The highest BCUT2D eigenvalue weighted by Crippen LogP contribution is 1.91. The van der Waals surface area contributed by atoms with Gasteiger partial charge in [-0.1, -0.05) is 45.6 Å². The molecule has 0 amide bonds. The molecule has 0 radical (unpaired) electrons. The second-order valence-electron chi connectivity index (χ2n) is 2.27. The molecule has 0 heterocycles. The van der Waals surface area contributed by atoms with Crippen LogP contribution in [0.5, 0.6) is 0 Å². The molecule has 1 heteroatoms. The fourth-order valence-electron chi connectivity index (χ4n) is 0.698. The van der Waals surface area contributed by atoms with Gasteiger partial charge in [-0.15, -0.1) is 0 Å². The van der Waals surface area contributed by atoms with Crippen molar-refractivity contribution in [1.29, 1.82) is 0 Å². The summed E-state index contributed by atoms with van der Waals surface area (Å²) in [6, 6.07) is 0. The maximum atomic E-state index is 3.61. The Morgan fingerprint density at radius 2 is 2.00 bits per heavy atom. The van der Waals surface area contributed by atoms with Crippen molar-refractivity contribution in [3.8, 4) is 0 Å². The minimum Gasteiger partial charge on any atom is -0.385 e. The number of rotatable bonds is 5. The molecule has 0 aromatic carbocycles. The first-order chi connectivity index (χ1) is 6.35. The third-order valence-corrected chi connectivity index (χ3v) is 1.30. The van der Waals surface area contributed by atoms with Crippen molar-refractivity contribution in [3.63, 3.8) is 0 Å². The van der Waals surface area contributed by atoms with Crippen LogP contribution in [0.3, 0.4) is 0 Å². The molecule has 0 saturated carbocycles. The molecule has 0 aliphatic heterocycles. The van der Waals surface area contributed by atoms with E-state index in [0.717, 1.165) is 18.7 Å². The lowest BCUT2D eigenvalue weighted by molar-refractivity contribution is 0.783. The number of allylic oxidation sites excluding steroid dienone is 4. The molecule has 0 atom stereocenters. The van der Waals surface area contributed by atoms with Gasteiger partial charge in [0.1, 0.15) is 0 Å². The van der Waals surface area contributed by atoms with E-state index >= 15 is 0 Å². The van der Waals surface area contributed by atoms with Crippen molar-refractivity contribution in [1.82, 2.24) is 5.32 Å². The van der Waals surface area contributed by atoms with Crippen molar-refractivity contribution in [2.45, 2.75) is 34.1 Å². The summed E-state index contributed by atoms with van der Waals surface area (Å²) in [6.45, 7) is 12.8. The first-order valence-electron chi connectivity index (χ1n) is 5.04. The molecule has 0 aliphatic rings. The monoisotopic (exact) mass is 181 g/mol. The first-order valence-corrected chi connectivity index (χ1v) is 5.04. The lowest BCUT2D eigenvalue weighted by atomic mass is 10.3. The van der Waals surface area contributed by atoms with E-state index in [1.54, 1.807) is 6.08 Å². The van der Waals surface area contributed by atoms with Gasteiger partial charge in [0.25, 0.3) is 0 Å². The smallest absolute Gasteiger partial charge is 0.0296 e. The lowest BCUT2D eigenvalue weighted by Gasteiger charge is -2.03. The molecule has 0 bridgehead atoms. The summed E-state index contributed by atoms with van der Waals surface area (Å²) in [4.78, 5) is 0. The SMILES string of the molecule is C=C/C=C\C(=C/C)NCCC.CC. The minimum atomic E-state index is 1.03. The Morgan fingerprint density at radius 1 is 1.38 bits per heavy atom. The highest BCUT2D eigenvalue weighted by Gasteiger charge is 1.84. The molecule has 0 unspecified atom stereocenters. The van der Waals surface area contributed by atoms with Crippen LogP contribution in [-0.4, -0.2) is 6.54 Å². The van der Waals surface area contributed by atoms with E-state index in [4.69, 9.17) is 0 Å². The third-order valence-electron chi connectivity index (χ3n) is 1.30. The molecule has 0 spiro atoms. The normalized spacial score (nSPS) is 10.6. The van der Waals surface area contributed by atoms with Crippen molar-refractivity contribution in [2.24, 2.45) is 0 Å². The zero-order valence-corrected chi connectivity index (χ0v) is 9.43. The summed E-state index contributed by atoms with van der Waals surface area (Å²) in [5, 5.41) is 3.28. The van der Waals surface area contributed by atoms with E-state index in [-0.39, 0.29) is 0 Å². The first kappa shape index (κ1) is 14.5. The van der Waals surface area contributed by atoms with E-state index in [0.29, 0.717) is 0 Å². The molecule has 0 rings (SSSR count). The number of hydrogen-bond donors (Lipinski definition) is 1. The summed E-state index contributed by atoms with van der Waals surface area (Å²) in [5.74, 6) is 0. The van der Waals surface area contributed by atoms with Gasteiger partial charge in [-0.25, -0.2) is 0 Å². The van der Waals surface area contributed by atoms with Gasteiger partial charge in [-0.2, -0.15) is 0 Å². The van der Waals surface area contributed by atoms with Gasteiger partial charge in [0.05, 0.1) is 0 Å². The van der Waals surface area contributed by atoms with Crippen LogP contribution in [0.4, 0.5) is 0 Å². The molecule has 1 N–H and O–H groups in total. The molecule has 0 saturated heterocycles.